The summed E-state index contributed by atoms with van der Waals surface area (Å²) in [4.78, 5) is 26.0. The lowest BCUT2D eigenvalue weighted by Crippen LogP contribution is -2.58. The third-order valence-corrected chi connectivity index (χ3v) is 12.1. The van der Waals surface area contributed by atoms with Crippen LogP contribution in [0.4, 0.5) is 0 Å². The van der Waals surface area contributed by atoms with Gasteiger partial charge in [-0.3, -0.25) is 4.79 Å². The molecule has 4 nitrogen and oxygen atoms in total. The molecule has 0 spiro atoms. The molecule has 8 unspecified atom stereocenters. The molecule has 0 saturated heterocycles. The van der Waals surface area contributed by atoms with E-state index in [2.05, 4.69) is 26.0 Å². The Morgan fingerprint density at radius 1 is 0.909 bits per heavy atom. The fraction of sp³-hybridized carbons (Fsp3) is 0.862. The van der Waals surface area contributed by atoms with Crippen molar-refractivity contribution in [1.29, 1.82) is 0 Å². The van der Waals surface area contributed by atoms with Crippen molar-refractivity contribution in [1.82, 2.24) is 0 Å². The molecule has 8 aliphatic rings. The zero-order valence-electron chi connectivity index (χ0n) is 20.3. The van der Waals surface area contributed by atoms with Crippen LogP contribution in [0.15, 0.2) is 12.2 Å². The zero-order chi connectivity index (χ0) is 22.5. The molecule has 8 bridgehead atoms. The predicted molar refractivity (Wildman–Crippen MR) is 124 cm³/mol. The molecule has 0 N–H and O–H groups in total. The first-order valence-corrected chi connectivity index (χ1v) is 13.9. The number of hydrogen-bond acceptors (Lipinski definition) is 4. The molecule has 4 heteroatoms. The SMILES string of the molecule is CCC(C)(OC(=O)COC(=O)C1CC2CC1C1C3C=CC(C3)C21)C12CC3CC(CC(C3)C1)C2. The normalized spacial score (nSPS) is 51.6. The van der Waals surface area contributed by atoms with E-state index in [-0.39, 0.29) is 29.9 Å². The van der Waals surface area contributed by atoms with Gasteiger partial charge in [0.05, 0.1) is 5.92 Å². The fourth-order valence-electron chi connectivity index (χ4n) is 11.1. The average molecular weight is 453 g/mol. The van der Waals surface area contributed by atoms with Crippen molar-refractivity contribution in [3.63, 3.8) is 0 Å². The van der Waals surface area contributed by atoms with Crippen LogP contribution in [0, 0.1) is 64.6 Å². The monoisotopic (exact) mass is 452 g/mol. The number of fused-ring (bicyclic) bond motifs is 9. The maximum absolute atomic E-state index is 13.0. The minimum atomic E-state index is -0.443. The second kappa shape index (κ2) is 7.10. The predicted octanol–water partition coefficient (Wildman–Crippen LogP) is 5.55. The van der Waals surface area contributed by atoms with Gasteiger partial charge in [-0.15, -0.1) is 0 Å². The van der Waals surface area contributed by atoms with Crippen LogP contribution < -0.4 is 0 Å². The van der Waals surface area contributed by atoms with E-state index in [1.54, 1.807) is 0 Å². The molecule has 0 aromatic rings. The van der Waals surface area contributed by atoms with Gasteiger partial charge in [0.25, 0.3) is 0 Å². The first kappa shape index (κ1) is 21.0. The third kappa shape index (κ3) is 2.94. The van der Waals surface area contributed by atoms with Gasteiger partial charge < -0.3 is 9.47 Å². The van der Waals surface area contributed by atoms with Crippen LogP contribution in [0.1, 0.15) is 78.1 Å². The zero-order valence-corrected chi connectivity index (χ0v) is 20.3. The molecule has 0 heterocycles. The average Bonchev–Trinajstić information content (AvgIpc) is 3.56. The maximum Gasteiger partial charge on any atom is 0.344 e. The Balaban J connectivity index is 0.985. The molecule has 0 amide bonds. The van der Waals surface area contributed by atoms with Crippen molar-refractivity contribution in [2.75, 3.05) is 6.61 Å². The number of allylic oxidation sites excluding steroid dienone is 2. The van der Waals surface area contributed by atoms with E-state index in [1.165, 1.54) is 51.4 Å². The molecule has 180 valence electrons. The van der Waals surface area contributed by atoms with Crippen molar-refractivity contribution in [3.05, 3.63) is 12.2 Å². The largest absolute Gasteiger partial charge is 0.456 e. The molecule has 0 aromatic carbocycles. The van der Waals surface area contributed by atoms with Crippen LogP contribution in [0.2, 0.25) is 0 Å². The number of esters is 2. The highest BCUT2D eigenvalue weighted by Gasteiger charge is 2.63. The molecular weight excluding hydrogens is 412 g/mol. The Morgan fingerprint density at radius 2 is 1.55 bits per heavy atom. The van der Waals surface area contributed by atoms with Gasteiger partial charge in [0.1, 0.15) is 5.60 Å². The number of ether oxygens (including phenoxy) is 2. The quantitative estimate of drug-likeness (QED) is 0.301. The van der Waals surface area contributed by atoms with E-state index in [1.807, 2.05) is 0 Å². The molecule has 8 atom stereocenters. The highest BCUT2D eigenvalue weighted by atomic mass is 16.6. The molecule has 8 aliphatic carbocycles. The first-order chi connectivity index (χ1) is 15.9. The second-order valence-corrected chi connectivity index (χ2v) is 13.5. The molecule has 0 radical (unpaired) electrons. The van der Waals surface area contributed by atoms with Crippen molar-refractivity contribution in [3.8, 4) is 0 Å². The summed E-state index contributed by atoms with van der Waals surface area (Å²) < 4.78 is 11.9. The summed E-state index contributed by atoms with van der Waals surface area (Å²) in [7, 11) is 0. The summed E-state index contributed by atoms with van der Waals surface area (Å²) in [5.41, 5.74) is -0.313. The molecule has 8 rings (SSSR count). The van der Waals surface area contributed by atoms with E-state index < -0.39 is 5.60 Å². The van der Waals surface area contributed by atoms with Crippen LogP contribution in [0.5, 0.6) is 0 Å². The Bertz CT molecular complexity index is 855. The van der Waals surface area contributed by atoms with Gasteiger partial charge in [0, 0.05) is 5.41 Å². The summed E-state index contributed by atoms with van der Waals surface area (Å²) in [6.45, 7) is 4.11. The number of hydrogen-bond donors (Lipinski definition) is 0. The molecular formula is C29H40O4. The smallest absolute Gasteiger partial charge is 0.344 e. The van der Waals surface area contributed by atoms with Crippen LogP contribution in [0.25, 0.3) is 0 Å². The van der Waals surface area contributed by atoms with E-state index in [0.717, 1.165) is 42.4 Å². The Labute approximate surface area is 198 Å². The number of carbonyl (C=O) groups is 2. The van der Waals surface area contributed by atoms with E-state index in [9.17, 15) is 9.59 Å². The van der Waals surface area contributed by atoms with Gasteiger partial charge in [-0.2, -0.15) is 0 Å². The highest BCUT2D eigenvalue weighted by molar-refractivity contribution is 5.78. The molecule has 0 aliphatic heterocycles. The lowest BCUT2D eigenvalue weighted by atomic mass is 9.45. The van der Waals surface area contributed by atoms with Crippen LogP contribution in [-0.4, -0.2) is 24.1 Å². The van der Waals surface area contributed by atoms with Crippen molar-refractivity contribution in [2.45, 2.75) is 83.7 Å². The summed E-state index contributed by atoms with van der Waals surface area (Å²) in [5, 5.41) is 0. The lowest BCUT2D eigenvalue weighted by molar-refractivity contribution is -0.209. The molecule has 7 saturated carbocycles. The lowest BCUT2D eigenvalue weighted by Gasteiger charge is -2.62. The van der Waals surface area contributed by atoms with Crippen molar-refractivity contribution >= 4 is 11.9 Å². The van der Waals surface area contributed by atoms with Crippen LogP contribution >= 0.6 is 0 Å². The first-order valence-electron chi connectivity index (χ1n) is 13.9. The maximum atomic E-state index is 13.0. The van der Waals surface area contributed by atoms with Crippen molar-refractivity contribution in [2.24, 2.45) is 64.6 Å². The number of rotatable bonds is 6. The second-order valence-electron chi connectivity index (χ2n) is 13.5. The van der Waals surface area contributed by atoms with Crippen LogP contribution in [-0.2, 0) is 19.1 Å². The van der Waals surface area contributed by atoms with E-state index in [4.69, 9.17) is 9.47 Å². The summed E-state index contributed by atoms with van der Waals surface area (Å²) in [6, 6.07) is 0. The third-order valence-electron chi connectivity index (χ3n) is 12.1. The van der Waals surface area contributed by atoms with Gasteiger partial charge in [-0.1, -0.05) is 19.1 Å². The fourth-order valence-corrected chi connectivity index (χ4v) is 11.1. The van der Waals surface area contributed by atoms with E-state index in [0.29, 0.717) is 23.7 Å². The van der Waals surface area contributed by atoms with E-state index >= 15 is 0 Å². The summed E-state index contributed by atoms with van der Waals surface area (Å²) in [5.74, 6) is 6.07. The Morgan fingerprint density at radius 3 is 2.18 bits per heavy atom. The number of carbonyl (C=O) groups excluding carboxylic acids is 2. The summed E-state index contributed by atoms with van der Waals surface area (Å²) >= 11 is 0. The van der Waals surface area contributed by atoms with Crippen LogP contribution in [0.3, 0.4) is 0 Å². The van der Waals surface area contributed by atoms with Gasteiger partial charge in [0.2, 0.25) is 0 Å². The minimum Gasteiger partial charge on any atom is -0.456 e. The van der Waals surface area contributed by atoms with Gasteiger partial charge in [0.15, 0.2) is 6.61 Å². The van der Waals surface area contributed by atoms with Crippen molar-refractivity contribution < 1.29 is 19.1 Å². The molecule has 0 aromatic heterocycles. The Hall–Kier alpha value is -1.32. The Kier molecular flexibility index (Phi) is 4.52. The summed E-state index contributed by atoms with van der Waals surface area (Å²) in [6.07, 6.45) is 16.9. The topological polar surface area (TPSA) is 52.6 Å². The standard InChI is InChI=1S/C29H40O4/c1-3-28(2,29-12-16-6-17(13-29)8-18(7-16)14-29)33-24(30)15-32-27(31)23-11-21-10-22(23)26-20-5-4-19(9-20)25(21)26/h4-5,16-23,25-26H,3,6-15H2,1-2H3. The van der Waals surface area contributed by atoms with Gasteiger partial charge in [-0.25, -0.2) is 4.79 Å². The highest BCUT2D eigenvalue weighted by Crippen LogP contribution is 2.67. The minimum absolute atomic E-state index is 0.00230. The van der Waals surface area contributed by atoms with Gasteiger partial charge >= 0.3 is 11.9 Å². The molecule has 33 heavy (non-hydrogen) atoms. The van der Waals surface area contributed by atoms with Gasteiger partial charge in [-0.05, 0) is 124 Å². The molecule has 7 fully saturated rings.